The van der Waals surface area contributed by atoms with Gasteiger partial charge in [0.05, 0.1) is 22.6 Å². The molecule has 14 heteroatoms. The van der Waals surface area contributed by atoms with E-state index < -0.39 is 22.4 Å². The lowest BCUT2D eigenvalue weighted by Gasteiger charge is -2.35. The highest BCUT2D eigenvalue weighted by Crippen LogP contribution is 2.38. The number of carbonyl (C=O) groups excluding carboxylic acids is 1. The summed E-state index contributed by atoms with van der Waals surface area (Å²) in [5.74, 6) is 0.0542. The number of anilines is 1. The van der Waals surface area contributed by atoms with Crippen LogP contribution in [0, 0.1) is 15.9 Å². The van der Waals surface area contributed by atoms with Crippen molar-refractivity contribution in [2.45, 2.75) is 50.6 Å². The standard InChI is InChI=1S/C28H29ClF4N4O5/c29-27-21-13-17(30)1-8-24(21)42-25(27)15-35-9-11-36(12-10-35)26(38)16-41-20-5-2-18(3-6-20)34-19-4-7-23(37(39)40)22(14-19)28(31,32)33/h1,4,7-8,13-14,18,20,34H,2-3,5-6,9-12,15-16H2/t18-,20-. The number of nitro benzene ring substituents is 1. The topological polar surface area (TPSA) is 101 Å². The predicted molar refractivity (Wildman–Crippen MR) is 147 cm³/mol. The summed E-state index contributed by atoms with van der Waals surface area (Å²) in [6.45, 7) is 2.65. The summed E-state index contributed by atoms with van der Waals surface area (Å²) in [6, 6.07) is 7.00. The Kier molecular flexibility index (Phi) is 8.90. The highest BCUT2D eigenvalue weighted by Gasteiger charge is 2.38. The highest BCUT2D eigenvalue weighted by molar-refractivity contribution is 6.36. The van der Waals surface area contributed by atoms with E-state index >= 15 is 0 Å². The van der Waals surface area contributed by atoms with Crippen LogP contribution in [0.5, 0.6) is 0 Å². The summed E-state index contributed by atoms with van der Waals surface area (Å²) in [4.78, 5) is 26.5. The molecule has 0 bridgehead atoms. The number of fused-ring (bicyclic) bond motifs is 1. The molecule has 1 N–H and O–H groups in total. The summed E-state index contributed by atoms with van der Waals surface area (Å²) in [6.07, 6.45) is -2.50. The molecule has 1 saturated heterocycles. The van der Waals surface area contributed by atoms with E-state index in [1.54, 1.807) is 11.0 Å². The van der Waals surface area contributed by atoms with Crippen LogP contribution in [0.15, 0.2) is 40.8 Å². The Hall–Kier alpha value is -3.42. The fourth-order valence-corrected chi connectivity index (χ4v) is 5.70. The van der Waals surface area contributed by atoms with Gasteiger partial charge in [0.2, 0.25) is 5.91 Å². The monoisotopic (exact) mass is 612 g/mol. The number of ether oxygens (including phenoxy) is 1. The van der Waals surface area contributed by atoms with E-state index in [1.165, 1.54) is 18.2 Å². The molecule has 2 aromatic carbocycles. The zero-order chi connectivity index (χ0) is 30.0. The summed E-state index contributed by atoms with van der Waals surface area (Å²) in [5.41, 5.74) is -1.58. The van der Waals surface area contributed by atoms with Gasteiger partial charge in [-0.15, -0.1) is 0 Å². The maximum atomic E-state index is 13.5. The molecule has 1 saturated carbocycles. The number of hydrogen-bond acceptors (Lipinski definition) is 7. The van der Waals surface area contributed by atoms with Gasteiger partial charge in [-0.25, -0.2) is 4.39 Å². The minimum absolute atomic E-state index is 0.0545. The lowest BCUT2D eigenvalue weighted by Crippen LogP contribution is -2.49. The van der Waals surface area contributed by atoms with Gasteiger partial charge in [-0.05, 0) is 56.0 Å². The first kappa shape index (κ1) is 30.1. The predicted octanol–water partition coefficient (Wildman–Crippen LogP) is 6.24. The number of rotatable bonds is 8. The molecule has 2 heterocycles. The second kappa shape index (κ2) is 12.4. The first-order valence-corrected chi connectivity index (χ1v) is 14.0. The van der Waals surface area contributed by atoms with Gasteiger partial charge in [0.1, 0.15) is 29.3 Å². The number of hydrogen-bond donors (Lipinski definition) is 1. The average molecular weight is 613 g/mol. The van der Waals surface area contributed by atoms with Gasteiger partial charge in [-0.2, -0.15) is 13.2 Å². The van der Waals surface area contributed by atoms with Crippen molar-refractivity contribution in [3.63, 3.8) is 0 Å². The maximum Gasteiger partial charge on any atom is 0.423 e. The number of amides is 1. The van der Waals surface area contributed by atoms with Gasteiger partial charge in [-0.1, -0.05) is 11.6 Å². The minimum Gasteiger partial charge on any atom is -0.458 e. The van der Waals surface area contributed by atoms with Crippen LogP contribution in [-0.2, 0) is 22.3 Å². The molecule has 9 nitrogen and oxygen atoms in total. The number of alkyl halides is 3. The zero-order valence-electron chi connectivity index (χ0n) is 22.5. The second-order valence-corrected chi connectivity index (χ2v) is 10.9. The first-order chi connectivity index (χ1) is 20.0. The largest absolute Gasteiger partial charge is 0.458 e. The average Bonchev–Trinajstić information content (AvgIpc) is 3.26. The highest BCUT2D eigenvalue weighted by atomic mass is 35.5. The Morgan fingerprint density at radius 1 is 1.10 bits per heavy atom. The van der Waals surface area contributed by atoms with Crippen LogP contribution in [0.4, 0.5) is 28.9 Å². The molecule has 2 aliphatic rings. The van der Waals surface area contributed by atoms with Crippen LogP contribution in [0.3, 0.4) is 0 Å². The lowest BCUT2D eigenvalue weighted by molar-refractivity contribution is -0.388. The number of halogens is 5. The molecule has 5 rings (SSSR count). The zero-order valence-corrected chi connectivity index (χ0v) is 23.2. The van der Waals surface area contributed by atoms with Crippen LogP contribution in [0.1, 0.15) is 37.0 Å². The molecule has 1 aromatic heterocycles. The van der Waals surface area contributed by atoms with Crippen molar-refractivity contribution in [3.8, 4) is 0 Å². The fraction of sp³-hybridized carbons (Fsp3) is 0.464. The third-order valence-corrected chi connectivity index (χ3v) is 8.15. The van der Waals surface area contributed by atoms with Gasteiger partial charge in [-0.3, -0.25) is 19.8 Å². The first-order valence-electron chi connectivity index (χ1n) is 13.6. The molecule has 0 spiro atoms. The van der Waals surface area contributed by atoms with E-state index in [1.807, 2.05) is 0 Å². The SMILES string of the molecule is O=C(CO[C@H]1CC[C@H](Nc2ccc([N+](=O)[O-])c(C(F)(F)F)c2)CC1)N1CCN(Cc2oc3ccc(F)cc3c2Cl)CC1. The Morgan fingerprint density at radius 3 is 2.48 bits per heavy atom. The Bertz CT molecular complexity index is 1450. The molecule has 226 valence electrons. The summed E-state index contributed by atoms with van der Waals surface area (Å²) < 4.78 is 65.0. The quantitative estimate of drug-likeness (QED) is 0.183. The summed E-state index contributed by atoms with van der Waals surface area (Å²) >= 11 is 6.40. The Balaban J connectivity index is 1.04. The van der Waals surface area contributed by atoms with E-state index in [4.69, 9.17) is 20.8 Å². The van der Waals surface area contributed by atoms with Crippen molar-refractivity contribution < 1.29 is 36.4 Å². The molecule has 42 heavy (non-hydrogen) atoms. The van der Waals surface area contributed by atoms with Crippen molar-refractivity contribution in [3.05, 3.63) is 68.7 Å². The smallest absolute Gasteiger partial charge is 0.423 e. The van der Waals surface area contributed by atoms with Crippen LogP contribution < -0.4 is 5.32 Å². The Morgan fingerprint density at radius 2 is 1.81 bits per heavy atom. The van der Waals surface area contributed by atoms with Crippen LogP contribution in [-0.4, -0.2) is 65.6 Å². The van der Waals surface area contributed by atoms with E-state index in [0.717, 1.165) is 12.1 Å². The van der Waals surface area contributed by atoms with Crippen LogP contribution >= 0.6 is 11.6 Å². The fourth-order valence-electron chi connectivity index (χ4n) is 5.45. The van der Waals surface area contributed by atoms with Gasteiger partial charge >= 0.3 is 6.18 Å². The third kappa shape index (κ3) is 6.96. The van der Waals surface area contributed by atoms with E-state index in [2.05, 4.69) is 10.2 Å². The minimum atomic E-state index is -4.84. The second-order valence-electron chi connectivity index (χ2n) is 10.6. The molecule has 1 aliphatic carbocycles. The molecule has 0 atom stereocenters. The molecule has 3 aromatic rings. The number of carbonyl (C=O) groups is 1. The molecular formula is C28H29ClF4N4O5. The number of nitrogens with one attached hydrogen (secondary N) is 1. The maximum absolute atomic E-state index is 13.5. The molecule has 0 unspecified atom stereocenters. The van der Waals surface area contributed by atoms with Crippen molar-refractivity contribution in [1.29, 1.82) is 0 Å². The van der Waals surface area contributed by atoms with Gasteiger partial charge < -0.3 is 19.4 Å². The van der Waals surface area contributed by atoms with Crippen LogP contribution in [0.25, 0.3) is 11.0 Å². The van der Waals surface area contributed by atoms with Crippen molar-refractivity contribution in [1.82, 2.24) is 9.80 Å². The molecular weight excluding hydrogens is 584 g/mol. The van der Waals surface area contributed by atoms with E-state index in [9.17, 15) is 32.5 Å². The third-order valence-electron chi connectivity index (χ3n) is 7.73. The summed E-state index contributed by atoms with van der Waals surface area (Å²) in [5, 5.41) is 14.9. The number of nitrogens with zero attached hydrogens (tertiary/aromatic N) is 3. The Labute approximate surface area is 243 Å². The van der Waals surface area contributed by atoms with Gasteiger partial charge in [0, 0.05) is 49.4 Å². The summed E-state index contributed by atoms with van der Waals surface area (Å²) in [7, 11) is 0. The number of furan rings is 1. The van der Waals surface area contributed by atoms with E-state index in [-0.39, 0.29) is 36.2 Å². The van der Waals surface area contributed by atoms with E-state index in [0.29, 0.717) is 80.2 Å². The van der Waals surface area contributed by atoms with Crippen molar-refractivity contribution >= 4 is 39.9 Å². The molecule has 2 fully saturated rings. The molecule has 1 aliphatic heterocycles. The van der Waals surface area contributed by atoms with Gasteiger partial charge in [0.15, 0.2) is 0 Å². The normalized spacial score (nSPS) is 20.2. The number of benzene rings is 2. The number of nitro groups is 1. The van der Waals surface area contributed by atoms with Crippen molar-refractivity contribution in [2.24, 2.45) is 0 Å². The molecule has 0 radical (unpaired) electrons. The van der Waals surface area contributed by atoms with Crippen molar-refractivity contribution in [2.75, 3.05) is 38.1 Å². The van der Waals surface area contributed by atoms with Crippen LogP contribution in [0.2, 0.25) is 5.02 Å². The van der Waals surface area contributed by atoms with Gasteiger partial charge in [0.25, 0.3) is 5.69 Å². The number of piperazine rings is 1. The lowest BCUT2D eigenvalue weighted by atomic mass is 9.92. The molecule has 1 amide bonds.